The molecule has 0 saturated heterocycles. The molecule has 0 heterocycles. The first kappa shape index (κ1) is 24.5. The van der Waals surface area contributed by atoms with Gasteiger partial charge in [0.25, 0.3) is 0 Å². The van der Waals surface area contributed by atoms with E-state index >= 15 is 0 Å². The largest absolute Gasteiger partial charge is 0.416 e. The third-order valence-corrected chi connectivity index (χ3v) is 10.00. The van der Waals surface area contributed by atoms with Crippen molar-refractivity contribution in [3.05, 3.63) is 35.4 Å². The number of benzene rings is 1. The zero-order valence-corrected chi connectivity index (χ0v) is 19.0. The maximum absolute atomic E-state index is 12.9. The van der Waals surface area contributed by atoms with Crippen molar-refractivity contribution in [2.75, 3.05) is 18.5 Å². The van der Waals surface area contributed by atoms with Crippen LogP contribution in [0.1, 0.15) is 71.9 Å². The number of hydrogen-bond acceptors (Lipinski definition) is 0. The van der Waals surface area contributed by atoms with Crippen molar-refractivity contribution >= 4 is 7.26 Å². The van der Waals surface area contributed by atoms with Crippen LogP contribution in [-0.2, 0) is 12.3 Å². The van der Waals surface area contributed by atoms with Crippen LogP contribution in [-0.4, -0.2) is 18.5 Å². The molecule has 27 heavy (non-hydrogen) atoms. The lowest BCUT2D eigenvalue weighted by Gasteiger charge is -2.30. The zero-order chi connectivity index (χ0) is 20.7. The van der Waals surface area contributed by atoms with Crippen LogP contribution in [0.5, 0.6) is 0 Å². The van der Waals surface area contributed by atoms with Gasteiger partial charge >= 0.3 is 6.18 Å². The predicted octanol–water partition coefficient (Wildman–Crippen LogP) is 8.36. The van der Waals surface area contributed by atoms with Crippen LogP contribution in [0.3, 0.4) is 0 Å². The molecule has 0 bridgehead atoms. The minimum Gasteiger partial charge on any atom is -0.166 e. The van der Waals surface area contributed by atoms with E-state index < -0.39 is 19.0 Å². The lowest BCUT2D eigenvalue weighted by Crippen LogP contribution is -2.15. The second-order valence-electron chi connectivity index (χ2n) is 9.41. The molecule has 0 aliphatic heterocycles. The summed E-state index contributed by atoms with van der Waals surface area (Å²) in [5.41, 5.74) is 0.550. The van der Waals surface area contributed by atoms with Crippen LogP contribution >= 0.6 is 7.26 Å². The Morgan fingerprint density at radius 3 is 1.37 bits per heavy atom. The van der Waals surface area contributed by atoms with Gasteiger partial charge < -0.3 is 0 Å². The normalized spacial score (nSPS) is 13.2. The summed E-state index contributed by atoms with van der Waals surface area (Å²) in [5.74, 6) is 2.03. The molecule has 0 nitrogen and oxygen atoms in total. The Kier molecular flexibility index (Phi) is 9.83. The van der Waals surface area contributed by atoms with E-state index in [9.17, 15) is 13.2 Å². The van der Waals surface area contributed by atoms with E-state index in [0.29, 0.717) is 17.8 Å². The van der Waals surface area contributed by atoms with Crippen molar-refractivity contribution in [3.63, 3.8) is 0 Å². The van der Waals surface area contributed by atoms with Crippen molar-refractivity contribution in [1.29, 1.82) is 0 Å². The van der Waals surface area contributed by atoms with Crippen molar-refractivity contribution in [1.82, 2.24) is 0 Å². The Morgan fingerprint density at radius 1 is 0.704 bits per heavy atom. The summed E-state index contributed by atoms with van der Waals surface area (Å²) >= 11 is 0. The van der Waals surface area contributed by atoms with E-state index in [-0.39, 0.29) is 0 Å². The first-order valence-corrected chi connectivity index (χ1v) is 13.0. The highest BCUT2D eigenvalue weighted by Gasteiger charge is 2.37. The second-order valence-corrected chi connectivity index (χ2v) is 13.8. The highest BCUT2D eigenvalue weighted by molar-refractivity contribution is 7.75. The van der Waals surface area contributed by atoms with Gasteiger partial charge in [0, 0.05) is 7.26 Å². The molecule has 0 radical (unpaired) electrons. The smallest absolute Gasteiger partial charge is 0.166 e. The van der Waals surface area contributed by atoms with Gasteiger partial charge in [-0.15, -0.1) is 0 Å². The van der Waals surface area contributed by atoms with Gasteiger partial charge in [0.05, 0.1) is 30.2 Å². The topological polar surface area (TPSA) is 0 Å². The molecule has 1 aromatic carbocycles. The molecule has 0 amide bonds. The van der Waals surface area contributed by atoms with Gasteiger partial charge in [-0.25, -0.2) is 0 Å². The van der Waals surface area contributed by atoms with E-state index in [2.05, 4.69) is 41.5 Å². The van der Waals surface area contributed by atoms with E-state index in [0.717, 1.165) is 11.7 Å². The van der Waals surface area contributed by atoms with Gasteiger partial charge in [-0.05, 0) is 54.7 Å². The molecular formula is C23H39F3P+. The average Bonchev–Trinajstić information content (AvgIpc) is 2.55. The van der Waals surface area contributed by atoms with Gasteiger partial charge in [-0.1, -0.05) is 53.7 Å². The molecule has 1 rings (SSSR count). The summed E-state index contributed by atoms with van der Waals surface area (Å²) in [6, 6.07) is 5.96. The van der Waals surface area contributed by atoms with Gasteiger partial charge in [-0.3, -0.25) is 0 Å². The number of alkyl halides is 3. The molecule has 0 spiro atoms. The van der Waals surface area contributed by atoms with Gasteiger partial charge in [0.15, 0.2) is 0 Å². The van der Waals surface area contributed by atoms with Crippen LogP contribution in [0, 0.1) is 17.8 Å². The van der Waals surface area contributed by atoms with Crippen LogP contribution in [0.25, 0.3) is 0 Å². The van der Waals surface area contributed by atoms with E-state index in [1.807, 2.05) is 0 Å². The van der Waals surface area contributed by atoms with Gasteiger partial charge in [-0.2, -0.15) is 13.2 Å². The molecule has 0 aromatic heterocycles. The zero-order valence-electron chi connectivity index (χ0n) is 18.1. The van der Waals surface area contributed by atoms with Gasteiger partial charge in [0.2, 0.25) is 0 Å². The standard InChI is InChI=1S/C23H39F3P/c1-18(2)11-14-27(15-12-19(3)4,16-13-20(5)6)17-21-7-9-22(10-8-21)23(24,25)26/h7-10,18-20H,11-17H2,1-6H3/q+1. The Bertz CT molecular complexity index is 498. The van der Waals surface area contributed by atoms with E-state index in [1.54, 1.807) is 12.1 Å². The SMILES string of the molecule is CC(C)CC[P+](CCC(C)C)(CCC(C)C)Cc1ccc(C(F)(F)F)cc1. The molecule has 156 valence electrons. The molecule has 0 aliphatic carbocycles. The molecule has 0 atom stereocenters. The van der Waals surface area contributed by atoms with Crippen LogP contribution in [0.4, 0.5) is 13.2 Å². The van der Waals surface area contributed by atoms with Crippen molar-refractivity contribution < 1.29 is 13.2 Å². The quantitative estimate of drug-likeness (QED) is 0.326. The highest BCUT2D eigenvalue weighted by atomic mass is 31.2. The summed E-state index contributed by atoms with van der Waals surface area (Å²) in [7, 11) is -1.22. The van der Waals surface area contributed by atoms with Gasteiger partial charge in [0.1, 0.15) is 0 Å². The van der Waals surface area contributed by atoms with E-state index in [1.165, 1.54) is 49.9 Å². The maximum atomic E-state index is 12.9. The monoisotopic (exact) mass is 403 g/mol. The summed E-state index contributed by atoms with van der Waals surface area (Å²) < 4.78 is 38.7. The van der Waals surface area contributed by atoms with E-state index in [4.69, 9.17) is 0 Å². The summed E-state index contributed by atoms with van der Waals surface area (Å²) in [4.78, 5) is 0. The minimum absolute atomic E-state index is 0.540. The Hall–Kier alpha value is -0.560. The fraction of sp³-hybridized carbons (Fsp3) is 0.739. The molecule has 1 aromatic rings. The lowest BCUT2D eigenvalue weighted by molar-refractivity contribution is -0.137. The summed E-state index contributed by atoms with van der Waals surface area (Å²) in [5, 5.41) is 0. The molecular weight excluding hydrogens is 364 g/mol. The minimum atomic E-state index is -4.25. The second kappa shape index (κ2) is 10.8. The fourth-order valence-corrected chi connectivity index (χ4v) is 8.68. The Morgan fingerprint density at radius 2 is 1.07 bits per heavy atom. The molecule has 0 N–H and O–H groups in total. The third kappa shape index (κ3) is 9.46. The molecule has 4 heteroatoms. The number of hydrogen-bond donors (Lipinski definition) is 0. The Balaban J connectivity index is 3.07. The lowest BCUT2D eigenvalue weighted by atomic mass is 10.1. The van der Waals surface area contributed by atoms with Crippen LogP contribution in [0.2, 0.25) is 0 Å². The number of rotatable bonds is 11. The molecule has 0 unspecified atom stereocenters. The van der Waals surface area contributed by atoms with Crippen LogP contribution in [0.15, 0.2) is 24.3 Å². The first-order chi connectivity index (χ1) is 12.4. The first-order valence-electron chi connectivity index (χ1n) is 10.4. The Labute approximate surface area is 165 Å². The summed E-state index contributed by atoms with van der Waals surface area (Å²) in [6.07, 6.45) is 4.23. The third-order valence-electron chi connectivity index (χ3n) is 5.34. The molecule has 0 saturated carbocycles. The molecule has 0 aliphatic rings. The average molecular weight is 404 g/mol. The van der Waals surface area contributed by atoms with Crippen LogP contribution < -0.4 is 0 Å². The summed E-state index contributed by atoms with van der Waals surface area (Å²) in [6.45, 7) is 13.7. The highest BCUT2D eigenvalue weighted by Crippen LogP contribution is 2.63. The van der Waals surface area contributed by atoms with Crippen molar-refractivity contribution in [2.45, 2.75) is 73.1 Å². The van der Waals surface area contributed by atoms with Crippen molar-refractivity contribution in [2.24, 2.45) is 17.8 Å². The maximum Gasteiger partial charge on any atom is 0.416 e. The molecule has 0 fully saturated rings. The van der Waals surface area contributed by atoms with Crippen molar-refractivity contribution in [3.8, 4) is 0 Å². The number of halogens is 3. The predicted molar refractivity (Wildman–Crippen MR) is 115 cm³/mol. The fourth-order valence-electron chi connectivity index (χ4n) is 3.36.